The zero-order valence-electron chi connectivity index (χ0n) is 14.7. The highest BCUT2D eigenvalue weighted by molar-refractivity contribution is 7.99. The lowest BCUT2D eigenvalue weighted by Crippen LogP contribution is -2.22. The number of aliphatic carboxylic acids is 2. The number of hydrogen-bond acceptors (Lipinski definition) is 5. The van der Waals surface area contributed by atoms with Gasteiger partial charge in [0, 0.05) is 28.5 Å². The number of rotatable bonds is 6. The minimum atomic E-state index is -1.26. The standard InChI is InChI=1S/C16H18N2S.C4H4O4/c17-11-5-6-12-18-13-7-1-3-9-15(13)19-16-10-4-2-8-14(16)18;5-3(6)1-2-4(7)8/h1-4,7-10H,5-6,11-12,17H2;1-2H,(H,5,6)(H,7,8)/b;2-1+. The lowest BCUT2D eigenvalue weighted by Gasteiger charge is -2.32. The highest BCUT2D eigenvalue weighted by Gasteiger charge is 2.21. The number of fused-ring (bicyclic) bond motifs is 2. The number of benzene rings is 2. The van der Waals surface area contributed by atoms with Gasteiger partial charge in [-0.2, -0.15) is 0 Å². The summed E-state index contributed by atoms with van der Waals surface area (Å²) in [7, 11) is 0. The Morgan fingerprint density at radius 2 is 1.37 bits per heavy atom. The minimum absolute atomic E-state index is 0.558. The predicted octanol–water partition coefficient (Wildman–Crippen LogP) is 3.74. The maximum absolute atomic E-state index is 9.55. The number of anilines is 2. The van der Waals surface area contributed by atoms with Gasteiger partial charge in [-0.15, -0.1) is 0 Å². The molecule has 0 unspecified atom stereocenters. The van der Waals surface area contributed by atoms with Gasteiger partial charge in [-0.05, 0) is 43.7 Å². The molecule has 0 bridgehead atoms. The molecular weight excluding hydrogens is 364 g/mol. The average Bonchev–Trinajstić information content (AvgIpc) is 2.66. The maximum Gasteiger partial charge on any atom is 0.328 e. The highest BCUT2D eigenvalue weighted by Crippen LogP contribution is 2.47. The average molecular weight is 386 g/mol. The van der Waals surface area contributed by atoms with E-state index >= 15 is 0 Å². The van der Waals surface area contributed by atoms with Crippen molar-refractivity contribution < 1.29 is 19.8 Å². The minimum Gasteiger partial charge on any atom is -0.478 e. The van der Waals surface area contributed by atoms with Crippen molar-refractivity contribution >= 4 is 35.1 Å². The van der Waals surface area contributed by atoms with Crippen LogP contribution in [0.3, 0.4) is 0 Å². The molecular formula is C20H22N2O4S. The molecule has 142 valence electrons. The van der Waals surface area contributed by atoms with E-state index in [0.717, 1.165) is 25.9 Å². The molecule has 0 saturated heterocycles. The van der Waals surface area contributed by atoms with E-state index in [1.54, 1.807) is 0 Å². The molecule has 2 aromatic carbocycles. The van der Waals surface area contributed by atoms with Gasteiger partial charge >= 0.3 is 11.9 Å². The molecule has 0 saturated carbocycles. The lowest BCUT2D eigenvalue weighted by atomic mass is 10.2. The predicted molar refractivity (Wildman–Crippen MR) is 107 cm³/mol. The van der Waals surface area contributed by atoms with E-state index in [9.17, 15) is 9.59 Å². The van der Waals surface area contributed by atoms with Crippen LogP contribution in [0.15, 0.2) is 70.5 Å². The van der Waals surface area contributed by atoms with Crippen molar-refractivity contribution in [1.82, 2.24) is 0 Å². The quantitative estimate of drug-likeness (QED) is 0.513. The molecule has 0 aliphatic carbocycles. The van der Waals surface area contributed by atoms with Crippen LogP contribution in [0, 0.1) is 0 Å². The normalized spacial score (nSPS) is 12.0. The van der Waals surface area contributed by atoms with E-state index in [2.05, 4.69) is 53.4 Å². The highest BCUT2D eigenvalue weighted by atomic mass is 32.2. The summed E-state index contributed by atoms with van der Waals surface area (Å²) >= 11 is 1.86. The number of para-hydroxylation sites is 2. The Labute approximate surface area is 162 Å². The van der Waals surface area contributed by atoms with Crippen LogP contribution in [0.5, 0.6) is 0 Å². The summed E-state index contributed by atoms with van der Waals surface area (Å²) in [6.45, 7) is 1.80. The number of hydrogen-bond donors (Lipinski definition) is 3. The van der Waals surface area contributed by atoms with Crippen LogP contribution in [0.2, 0.25) is 0 Å². The molecule has 0 amide bonds. The monoisotopic (exact) mass is 386 g/mol. The zero-order chi connectivity index (χ0) is 19.6. The topological polar surface area (TPSA) is 104 Å². The van der Waals surface area contributed by atoms with Crippen molar-refractivity contribution in [2.24, 2.45) is 5.73 Å². The van der Waals surface area contributed by atoms with Crippen molar-refractivity contribution in [3.63, 3.8) is 0 Å². The van der Waals surface area contributed by atoms with E-state index < -0.39 is 11.9 Å². The Morgan fingerprint density at radius 1 is 0.889 bits per heavy atom. The van der Waals surface area contributed by atoms with Gasteiger partial charge in [0.05, 0.1) is 11.4 Å². The molecule has 1 aliphatic rings. The Bertz CT molecular complexity index is 762. The van der Waals surface area contributed by atoms with Gasteiger partial charge in [-0.1, -0.05) is 36.0 Å². The molecule has 0 radical (unpaired) electrons. The summed E-state index contributed by atoms with van der Waals surface area (Å²) in [4.78, 5) is 24.2. The third-order valence-electron chi connectivity index (χ3n) is 3.74. The number of carboxylic acid groups (broad SMARTS) is 2. The maximum atomic E-state index is 9.55. The first-order chi connectivity index (χ1) is 13.0. The molecule has 27 heavy (non-hydrogen) atoms. The second-order valence-electron chi connectivity index (χ2n) is 5.69. The van der Waals surface area contributed by atoms with Gasteiger partial charge in [0.1, 0.15) is 0 Å². The summed E-state index contributed by atoms with van der Waals surface area (Å²) in [5, 5.41) is 15.6. The summed E-state index contributed by atoms with van der Waals surface area (Å²) in [6, 6.07) is 17.3. The second kappa shape index (κ2) is 10.4. The molecule has 0 atom stereocenters. The first kappa shape index (κ1) is 20.5. The summed E-state index contributed by atoms with van der Waals surface area (Å²) in [5.74, 6) is -2.51. The van der Waals surface area contributed by atoms with Crippen molar-refractivity contribution in [2.75, 3.05) is 18.0 Å². The zero-order valence-corrected chi connectivity index (χ0v) is 15.6. The van der Waals surface area contributed by atoms with Gasteiger partial charge in [0.25, 0.3) is 0 Å². The van der Waals surface area contributed by atoms with Crippen LogP contribution in [0.1, 0.15) is 12.8 Å². The first-order valence-corrected chi connectivity index (χ1v) is 9.32. The van der Waals surface area contributed by atoms with E-state index in [1.807, 2.05) is 11.8 Å². The molecule has 3 rings (SSSR count). The van der Waals surface area contributed by atoms with Crippen LogP contribution in [-0.4, -0.2) is 35.2 Å². The number of carbonyl (C=O) groups is 2. The van der Waals surface area contributed by atoms with Crippen LogP contribution in [0.25, 0.3) is 0 Å². The van der Waals surface area contributed by atoms with Crippen molar-refractivity contribution in [3.8, 4) is 0 Å². The van der Waals surface area contributed by atoms with Gasteiger partial charge in [0.15, 0.2) is 0 Å². The molecule has 7 heteroatoms. The van der Waals surface area contributed by atoms with Gasteiger partial charge in [-0.25, -0.2) is 9.59 Å². The van der Waals surface area contributed by atoms with Crippen molar-refractivity contribution in [2.45, 2.75) is 22.6 Å². The number of nitrogens with zero attached hydrogens (tertiary/aromatic N) is 1. The van der Waals surface area contributed by atoms with Crippen LogP contribution < -0.4 is 10.6 Å². The van der Waals surface area contributed by atoms with Crippen LogP contribution in [0.4, 0.5) is 11.4 Å². The molecule has 4 N–H and O–H groups in total. The lowest BCUT2D eigenvalue weighted by molar-refractivity contribution is -0.134. The summed E-state index contributed by atoms with van der Waals surface area (Å²) in [6.07, 6.45) is 3.32. The largest absolute Gasteiger partial charge is 0.478 e. The molecule has 0 fully saturated rings. The number of nitrogens with two attached hydrogens (primary N) is 1. The molecule has 1 heterocycles. The van der Waals surface area contributed by atoms with Crippen molar-refractivity contribution in [3.05, 3.63) is 60.7 Å². The SMILES string of the molecule is NCCCCN1c2ccccc2Sc2ccccc21.O=C(O)/C=C/C(=O)O. The third-order valence-corrected chi connectivity index (χ3v) is 4.87. The number of carboxylic acids is 2. The second-order valence-corrected chi connectivity index (χ2v) is 6.78. The molecule has 1 aliphatic heterocycles. The molecule has 0 spiro atoms. The number of unbranched alkanes of at least 4 members (excludes halogenated alkanes) is 1. The molecule has 6 nitrogen and oxygen atoms in total. The summed E-state index contributed by atoms with van der Waals surface area (Å²) < 4.78 is 0. The molecule has 2 aromatic rings. The first-order valence-electron chi connectivity index (χ1n) is 8.50. The van der Waals surface area contributed by atoms with E-state index in [4.69, 9.17) is 15.9 Å². The van der Waals surface area contributed by atoms with Crippen LogP contribution in [-0.2, 0) is 9.59 Å². The fraction of sp³-hybridized carbons (Fsp3) is 0.200. The van der Waals surface area contributed by atoms with Gasteiger partial charge in [-0.3, -0.25) is 0 Å². The van der Waals surface area contributed by atoms with Gasteiger partial charge in [0.2, 0.25) is 0 Å². The van der Waals surface area contributed by atoms with E-state index in [0.29, 0.717) is 12.2 Å². The fourth-order valence-corrected chi connectivity index (χ4v) is 3.67. The van der Waals surface area contributed by atoms with Crippen molar-refractivity contribution in [1.29, 1.82) is 0 Å². The Balaban J connectivity index is 0.000000279. The fourth-order valence-electron chi connectivity index (χ4n) is 2.58. The smallest absolute Gasteiger partial charge is 0.328 e. The van der Waals surface area contributed by atoms with Gasteiger partial charge < -0.3 is 20.8 Å². The molecule has 0 aromatic heterocycles. The van der Waals surface area contributed by atoms with E-state index in [1.165, 1.54) is 21.2 Å². The Kier molecular flexibility index (Phi) is 7.91. The van der Waals surface area contributed by atoms with E-state index in [-0.39, 0.29) is 0 Å². The third kappa shape index (κ3) is 6.16. The Morgan fingerprint density at radius 3 is 1.81 bits per heavy atom. The van der Waals surface area contributed by atoms with Crippen LogP contribution >= 0.6 is 11.8 Å². The summed E-state index contributed by atoms with van der Waals surface area (Å²) in [5.41, 5.74) is 8.26. The Hall–Kier alpha value is -2.77.